The van der Waals surface area contributed by atoms with Gasteiger partial charge in [0, 0.05) is 48.1 Å². The lowest BCUT2D eigenvalue weighted by Gasteiger charge is -2.35. The Morgan fingerprint density at radius 3 is 2.48 bits per heavy atom. The molecule has 1 aliphatic heterocycles. The van der Waals surface area contributed by atoms with Gasteiger partial charge in [-0.1, -0.05) is 6.07 Å². The molecular weight excluding hydrogens is 414 g/mol. The van der Waals surface area contributed by atoms with Crippen molar-refractivity contribution in [2.24, 2.45) is 0 Å². The second-order valence-electron chi connectivity index (χ2n) is 7.26. The number of fused-ring (bicyclic) bond motifs is 1. The average molecular weight is 440 g/mol. The molecule has 1 amide bonds. The Hall–Kier alpha value is -3.33. The molecule has 0 saturated carbocycles. The molecule has 2 aromatic heterocycles. The largest absolute Gasteiger partial charge is 0.493 e. The molecule has 1 aromatic carbocycles. The van der Waals surface area contributed by atoms with Crippen LogP contribution in [0.3, 0.4) is 0 Å². The molecule has 3 aromatic rings. The Balaban J connectivity index is 1.50. The van der Waals surface area contributed by atoms with Crippen LogP contribution in [-0.2, 0) is 4.79 Å². The van der Waals surface area contributed by atoms with E-state index in [1.807, 2.05) is 35.4 Å². The molecule has 0 radical (unpaired) electrons. The average Bonchev–Trinajstić information content (AvgIpc) is 3.30. The molecule has 1 saturated heterocycles. The summed E-state index contributed by atoms with van der Waals surface area (Å²) in [6.07, 6.45) is 1.94. The number of aromatic nitrogens is 2. The third-order valence-electron chi connectivity index (χ3n) is 5.31. The van der Waals surface area contributed by atoms with E-state index in [0.717, 1.165) is 10.5 Å². The highest BCUT2D eigenvalue weighted by molar-refractivity contribution is 7.10. The summed E-state index contributed by atoms with van der Waals surface area (Å²) >= 11 is 1.62. The van der Waals surface area contributed by atoms with E-state index in [4.69, 9.17) is 15.2 Å². The first-order chi connectivity index (χ1) is 15.0. The third kappa shape index (κ3) is 4.27. The Morgan fingerprint density at radius 1 is 1.13 bits per heavy atom. The predicted molar refractivity (Wildman–Crippen MR) is 124 cm³/mol. The lowest BCUT2D eigenvalue weighted by molar-refractivity contribution is -0.127. The number of hydrogen-bond donors (Lipinski definition) is 1. The number of hydrogen-bond acceptors (Lipinski definition) is 8. The Labute approximate surface area is 184 Å². The first kappa shape index (κ1) is 20.9. The van der Waals surface area contributed by atoms with Crippen LogP contribution in [-0.4, -0.2) is 61.2 Å². The first-order valence-corrected chi connectivity index (χ1v) is 10.8. The molecule has 0 bridgehead atoms. The number of amides is 1. The molecule has 2 N–H and O–H groups in total. The zero-order chi connectivity index (χ0) is 22.0. The number of ether oxygens (including phenoxy) is 2. The van der Waals surface area contributed by atoms with Gasteiger partial charge in [-0.15, -0.1) is 11.3 Å². The van der Waals surface area contributed by atoms with Crippen LogP contribution in [0.15, 0.2) is 35.2 Å². The molecule has 0 atom stereocenters. The monoisotopic (exact) mass is 439 g/mol. The van der Waals surface area contributed by atoms with Crippen LogP contribution >= 0.6 is 11.3 Å². The number of carbonyl (C=O) groups excluding carboxylic acids is 1. The Bertz CT molecular complexity index is 1120. The van der Waals surface area contributed by atoms with Crippen LogP contribution in [0.2, 0.25) is 0 Å². The number of piperazine rings is 1. The SMILES string of the molecule is COc1cc2nc(N3CCN(C(=O)/C(C)=C/c4cccs4)CC3)nc(N)c2cc1OC. The Kier molecular flexibility index (Phi) is 5.94. The van der Waals surface area contributed by atoms with E-state index in [9.17, 15) is 4.79 Å². The number of benzene rings is 1. The number of nitrogens with two attached hydrogens (primary N) is 1. The topological polar surface area (TPSA) is 93.8 Å². The van der Waals surface area contributed by atoms with Crippen LogP contribution in [0.4, 0.5) is 11.8 Å². The molecule has 0 unspecified atom stereocenters. The fourth-order valence-corrected chi connectivity index (χ4v) is 4.33. The molecule has 1 aliphatic rings. The van der Waals surface area contributed by atoms with Crippen LogP contribution < -0.4 is 20.1 Å². The molecule has 31 heavy (non-hydrogen) atoms. The second kappa shape index (κ2) is 8.81. The van der Waals surface area contributed by atoms with Gasteiger partial charge in [0.25, 0.3) is 0 Å². The van der Waals surface area contributed by atoms with Crippen molar-refractivity contribution in [3.63, 3.8) is 0 Å². The summed E-state index contributed by atoms with van der Waals surface area (Å²) in [7, 11) is 3.16. The van der Waals surface area contributed by atoms with E-state index >= 15 is 0 Å². The molecule has 0 aliphatic carbocycles. The van der Waals surface area contributed by atoms with Gasteiger partial charge in [0.1, 0.15) is 5.82 Å². The zero-order valence-electron chi connectivity index (χ0n) is 17.8. The molecule has 4 rings (SSSR count). The number of nitrogens with zero attached hydrogens (tertiary/aromatic N) is 4. The van der Waals surface area contributed by atoms with E-state index in [2.05, 4.69) is 14.9 Å². The second-order valence-corrected chi connectivity index (χ2v) is 8.23. The van der Waals surface area contributed by atoms with Crippen molar-refractivity contribution in [2.75, 3.05) is 51.0 Å². The fraction of sp³-hybridized carbons (Fsp3) is 0.318. The molecule has 0 spiro atoms. The van der Waals surface area contributed by atoms with Crippen LogP contribution in [0, 0.1) is 0 Å². The minimum atomic E-state index is 0.0591. The van der Waals surface area contributed by atoms with Crippen molar-refractivity contribution in [1.82, 2.24) is 14.9 Å². The maximum Gasteiger partial charge on any atom is 0.249 e. The molecule has 9 heteroatoms. The van der Waals surface area contributed by atoms with Crippen LogP contribution in [0.25, 0.3) is 17.0 Å². The fourth-order valence-electron chi connectivity index (χ4n) is 3.62. The first-order valence-electron chi connectivity index (χ1n) is 9.95. The molecule has 1 fully saturated rings. The number of carbonyl (C=O) groups is 1. The highest BCUT2D eigenvalue weighted by Crippen LogP contribution is 2.34. The van der Waals surface area contributed by atoms with Gasteiger partial charge < -0.3 is 25.0 Å². The molecule has 3 heterocycles. The smallest absolute Gasteiger partial charge is 0.249 e. The quantitative estimate of drug-likeness (QED) is 0.611. The van der Waals surface area contributed by atoms with Crippen molar-refractivity contribution in [1.29, 1.82) is 0 Å². The van der Waals surface area contributed by atoms with Gasteiger partial charge in [0.15, 0.2) is 11.5 Å². The lowest BCUT2D eigenvalue weighted by Crippen LogP contribution is -2.49. The van der Waals surface area contributed by atoms with Gasteiger partial charge in [-0.05, 0) is 30.5 Å². The highest BCUT2D eigenvalue weighted by atomic mass is 32.1. The van der Waals surface area contributed by atoms with Crippen molar-refractivity contribution in [3.05, 3.63) is 40.1 Å². The summed E-state index contributed by atoms with van der Waals surface area (Å²) in [6, 6.07) is 7.57. The Morgan fingerprint density at radius 2 is 1.84 bits per heavy atom. The maximum absolute atomic E-state index is 12.8. The van der Waals surface area contributed by atoms with E-state index in [0.29, 0.717) is 60.3 Å². The minimum absolute atomic E-state index is 0.0591. The van der Waals surface area contributed by atoms with Gasteiger partial charge in [0.2, 0.25) is 11.9 Å². The lowest BCUT2D eigenvalue weighted by atomic mass is 10.2. The van der Waals surface area contributed by atoms with Crippen molar-refractivity contribution in [3.8, 4) is 11.5 Å². The summed E-state index contributed by atoms with van der Waals surface area (Å²) in [6.45, 7) is 4.33. The van der Waals surface area contributed by atoms with E-state index in [1.165, 1.54) is 0 Å². The number of nitrogen functional groups attached to an aromatic ring is 1. The maximum atomic E-state index is 12.8. The summed E-state index contributed by atoms with van der Waals surface area (Å²) in [5.41, 5.74) is 7.64. The van der Waals surface area contributed by atoms with Crippen molar-refractivity contribution >= 4 is 46.0 Å². The van der Waals surface area contributed by atoms with E-state index in [-0.39, 0.29) is 5.91 Å². The van der Waals surface area contributed by atoms with Gasteiger partial charge in [-0.25, -0.2) is 4.98 Å². The molecular formula is C22H25N5O3S. The van der Waals surface area contributed by atoms with Crippen molar-refractivity contribution in [2.45, 2.75) is 6.92 Å². The number of thiophene rings is 1. The summed E-state index contributed by atoms with van der Waals surface area (Å²) in [5.74, 6) is 2.16. The molecule has 162 valence electrons. The van der Waals surface area contributed by atoms with E-state index < -0.39 is 0 Å². The predicted octanol–water partition coefficient (Wildman–Crippen LogP) is 3.04. The minimum Gasteiger partial charge on any atom is -0.493 e. The van der Waals surface area contributed by atoms with Crippen molar-refractivity contribution < 1.29 is 14.3 Å². The third-order valence-corrected chi connectivity index (χ3v) is 6.13. The summed E-state index contributed by atoms with van der Waals surface area (Å²) in [4.78, 5) is 27.0. The van der Waals surface area contributed by atoms with Gasteiger partial charge in [-0.3, -0.25) is 4.79 Å². The van der Waals surface area contributed by atoms with E-state index in [1.54, 1.807) is 37.7 Å². The summed E-state index contributed by atoms with van der Waals surface area (Å²) < 4.78 is 10.7. The normalized spacial score (nSPS) is 14.7. The number of anilines is 2. The van der Waals surface area contributed by atoms with Crippen LogP contribution in [0.5, 0.6) is 11.5 Å². The van der Waals surface area contributed by atoms with Crippen LogP contribution in [0.1, 0.15) is 11.8 Å². The molecule has 8 nitrogen and oxygen atoms in total. The standard InChI is InChI=1S/C22H25N5O3S/c1-14(11-15-5-4-10-31-15)21(28)26-6-8-27(9-7-26)22-24-17-13-19(30-3)18(29-2)12-16(17)20(23)25-22/h4-5,10-13H,6-9H2,1-3H3,(H2,23,24,25)/b14-11+. The number of rotatable bonds is 5. The van der Waals surface area contributed by atoms with Gasteiger partial charge in [0.05, 0.1) is 19.7 Å². The highest BCUT2D eigenvalue weighted by Gasteiger charge is 2.24. The summed E-state index contributed by atoms with van der Waals surface area (Å²) in [5, 5.41) is 2.72. The number of methoxy groups -OCH3 is 2. The zero-order valence-corrected chi connectivity index (χ0v) is 18.6. The van der Waals surface area contributed by atoms with Gasteiger partial charge >= 0.3 is 0 Å². The van der Waals surface area contributed by atoms with Gasteiger partial charge in [-0.2, -0.15) is 4.98 Å².